The van der Waals surface area contributed by atoms with Crippen molar-refractivity contribution in [2.75, 3.05) is 12.4 Å². The molecule has 0 saturated heterocycles. The highest BCUT2D eigenvalue weighted by Gasteiger charge is 2.36. The first-order valence-electron chi connectivity index (χ1n) is 12.2. The standard InChI is InChI=1S/C27H30F6O2S/c1-3-5-16-6-8-17(9-7-16)18-10-11-19(24(29)23(18)28)20-12-13-21(27(31,32)33)25(30)26(20)36-15-14-22(34)35-4-2/h10-13,16-17H,3-9,14-15H2,1-2H3. The first-order chi connectivity index (χ1) is 17.1. The van der Waals surface area contributed by atoms with Gasteiger partial charge < -0.3 is 4.74 Å². The Morgan fingerprint density at radius 1 is 0.944 bits per heavy atom. The molecule has 0 N–H and O–H groups in total. The summed E-state index contributed by atoms with van der Waals surface area (Å²) in [4.78, 5) is 11.1. The molecule has 9 heteroatoms. The molecule has 3 rings (SSSR count). The van der Waals surface area contributed by atoms with Gasteiger partial charge in [0.05, 0.1) is 23.5 Å². The molecule has 1 saturated carbocycles. The maximum atomic E-state index is 15.3. The molecule has 1 aliphatic rings. The van der Waals surface area contributed by atoms with Crippen LogP contribution < -0.4 is 0 Å². The van der Waals surface area contributed by atoms with Crippen molar-refractivity contribution in [3.63, 3.8) is 0 Å². The van der Waals surface area contributed by atoms with E-state index in [-0.39, 0.29) is 41.4 Å². The van der Waals surface area contributed by atoms with Gasteiger partial charge in [0, 0.05) is 16.9 Å². The monoisotopic (exact) mass is 532 g/mol. The van der Waals surface area contributed by atoms with E-state index in [2.05, 4.69) is 6.92 Å². The summed E-state index contributed by atoms with van der Waals surface area (Å²) >= 11 is 0.640. The lowest BCUT2D eigenvalue weighted by molar-refractivity contribution is -0.142. The number of ether oxygens (including phenoxy) is 1. The number of rotatable bonds is 9. The minimum absolute atomic E-state index is 0.0900. The smallest absolute Gasteiger partial charge is 0.419 e. The second-order valence-electron chi connectivity index (χ2n) is 9.04. The van der Waals surface area contributed by atoms with Crippen LogP contribution in [0.3, 0.4) is 0 Å². The number of halogens is 6. The Morgan fingerprint density at radius 2 is 1.61 bits per heavy atom. The first-order valence-corrected chi connectivity index (χ1v) is 13.2. The Kier molecular flexibility index (Phi) is 9.78. The number of benzene rings is 2. The summed E-state index contributed by atoms with van der Waals surface area (Å²) in [6, 6.07) is 4.25. The van der Waals surface area contributed by atoms with Crippen molar-refractivity contribution in [1.29, 1.82) is 0 Å². The molecule has 1 fully saturated rings. The number of esters is 1. The molecule has 1 aliphatic carbocycles. The summed E-state index contributed by atoms with van der Waals surface area (Å²) in [5, 5.41) is 0. The van der Waals surface area contributed by atoms with Crippen molar-refractivity contribution in [2.24, 2.45) is 5.92 Å². The fraction of sp³-hybridized carbons (Fsp3) is 0.519. The maximum Gasteiger partial charge on any atom is 0.419 e. The van der Waals surface area contributed by atoms with Crippen LogP contribution in [0.15, 0.2) is 29.2 Å². The van der Waals surface area contributed by atoms with Gasteiger partial charge >= 0.3 is 12.1 Å². The average Bonchev–Trinajstić information content (AvgIpc) is 2.82. The molecule has 0 bridgehead atoms. The van der Waals surface area contributed by atoms with Crippen LogP contribution in [0.1, 0.15) is 75.8 Å². The van der Waals surface area contributed by atoms with Crippen molar-refractivity contribution in [3.8, 4) is 11.1 Å². The first kappa shape index (κ1) is 28.4. The summed E-state index contributed by atoms with van der Waals surface area (Å²) in [6.45, 7) is 3.85. The Morgan fingerprint density at radius 3 is 2.22 bits per heavy atom. The van der Waals surface area contributed by atoms with E-state index in [0.717, 1.165) is 44.6 Å². The number of hydrogen-bond acceptors (Lipinski definition) is 3. The normalized spacial score (nSPS) is 18.3. The van der Waals surface area contributed by atoms with Crippen molar-refractivity contribution in [3.05, 3.63) is 52.8 Å². The zero-order valence-corrected chi connectivity index (χ0v) is 21.1. The Bertz CT molecular complexity index is 1060. The van der Waals surface area contributed by atoms with E-state index in [1.165, 1.54) is 12.1 Å². The number of hydrogen-bond donors (Lipinski definition) is 0. The molecule has 198 valence electrons. The van der Waals surface area contributed by atoms with Crippen LogP contribution in [0.25, 0.3) is 11.1 Å². The molecule has 0 spiro atoms. The van der Waals surface area contributed by atoms with Gasteiger partial charge in [0.1, 0.15) is 5.82 Å². The zero-order chi connectivity index (χ0) is 26.5. The molecule has 0 aliphatic heterocycles. The summed E-state index contributed by atoms with van der Waals surface area (Å²) in [6.07, 6.45) is 0.400. The SMILES string of the molecule is CCCC1CCC(c2ccc(-c3ccc(C(F)(F)F)c(F)c3SCCC(=O)OCC)c(F)c2F)CC1. The lowest BCUT2D eigenvalue weighted by atomic mass is 9.77. The van der Waals surface area contributed by atoms with Crippen LogP contribution in [0.2, 0.25) is 0 Å². The molecular formula is C27H30F6O2S. The fourth-order valence-electron chi connectivity index (χ4n) is 4.86. The molecule has 0 unspecified atom stereocenters. The minimum Gasteiger partial charge on any atom is -0.466 e. The van der Waals surface area contributed by atoms with Crippen LogP contribution in [0.4, 0.5) is 26.3 Å². The predicted molar refractivity (Wildman–Crippen MR) is 128 cm³/mol. The molecular weight excluding hydrogens is 502 g/mol. The van der Waals surface area contributed by atoms with Gasteiger partial charge in [-0.3, -0.25) is 4.79 Å². The maximum absolute atomic E-state index is 15.3. The van der Waals surface area contributed by atoms with Gasteiger partial charge in [-0.05, 0) is 56.1 Å². The molecule has 36 heavy (non-hydrogen) atoms. The average molecular weight is 533 g/mol. The number of alkyl halides is 3. The highest BCUT2D eigenvalue weighted by Crippen LogP contribution is 2.44. The quantitative estimate of drug-likeness (QED) is 0.183. The molecule has 2 aromatic rings. The zero-order valence-electron chi connectivity index (χ0n) is 20.3. The molecule has 0 aromatic heterocycles. The number of thioether (sulfide) groups is 1. The van der Waals surface area contributed by atoms with Gasteiger partial charge in [0.2, 0.25) is 0 Å². The Hall–Kier alpha value is -2.16. The topological polar surface area (TPSA) is 26.3 Å². The molecule has 2 aromatic carbocycles. The summed E-state index contributed by atoms with van der Waals surface area (Å²) in [5.41, 5.74) is -1.77. The van der Waals surface area contributed by atoms with Gasteiger partial charge in [-0.15, -0.1) is 11.8 Å². The molecule has 2 nitrogen and oxygen atoms in total. The Balaban J connectivity index is 1.94. The summed E-state index contributed by atoms with van der Waals surface area (Å²) in [5.74, 6) is -4.06. The third kappa shape index (κ3) is 6.58. The van der Waals surface area contributed by atoms with E-state index in [1.807, 2.05) is 0 Å². The van der Waals surface area contributed by atoms with E-state index in [0.29, 0.717) is 23.7 Å². The fourth-order valence-corrected chi connectivity index (χ4v) is 5.90. The lowest BCUT2D eigenvalue weighted by Gasteiger charge is -2.29. The minimum atomic E-state index is -4.97. The van der Waals surface area contributed by atoms with Crippen molar-refractivity contribution >= 4 is 17.7 Å². The van der Waals surface area contributed by atoms with E-state index >= 15 is 13.2 Å². The number of carbonyl (C=O) groups is 1. The van der Waals surface area contributed by atoms with E-state index < -0.39 is 40.1 Å². The van der Waals surface area contributed by atoms with Crippen molar-refractivity contribution < 1.29 is 35.9 Å². The van der Waals surface area contributed by atoms with Crippen LogP contribution >= 0.6 is 11.8 Å². The van der Waals surface area contributed by atoms with E-state index in [4.69, 9.17) is 4.74 Å². The van der Waals surface area contributed by atoms with Gasteiger partial charge in [-0.25, -0.2) is 13.2 Å². The van der Waals surface area contributed by atoms with Crippen LogP contribution in [0.5, 0.6) is 0 Å². The lowest BCUT2D eigenvalue weighted by Crippen LogP contribution is -2.15. The number of carbonyl (C=O) groups excluding carboxylic acids is 1. The third-order valence-corrected chi connectivity index (χ3v) is 7.74. The predicted octanol–water partition coefficient (Wildman–Crippen LogP) is 8.91. The van der Waals surface area contributed by atoms with Crippen LogP contribution in [-0.2, 0) is 15.7 Å². The molecule has 0 amide bonds. The molecule has 0 atom stereocenters. The van der Waals surface area contributed by atoms with E-state index in [1.54, 1.807) is 6.92 Å². The van der Waals surface area contributed by atoms with Gasteiger partial charge in [-0.2, -0.15) is 13.2 Å². The van der Waals surface area contributed by atoms with E-state index in [9.17, 15) is 18.0 Å². The largest absolute Gasteiger partial charge is 0.466 e. The van der Waals surface area contributed by atoms with Gasteiger partial charge in [0.15, 0.2) is 11.6 Å². The highest BCUT2D eigenvalue weighted by atomic mass is 32.2. The molecule has 0 heterocycles. The molecule has 0 radical (unpaired) electrons. The highest BCUT2D eigenvalue weighted by molar-refractivity contribution is 7.99. The third-order valence-electron chi connectivity index (χ3n) is 6.65. The van der Waals surface area contributed by atoms with Crippen molar-refractivity contribution in [1.82, 2.24) is 0 Å². The summed E-state index contributed by atoms with van der Waals surface area (Å²) in [7, 11) is 0. The summed E-state index contributed by atoms with van der Waals surface area (Å²) < 4.78 is 90.3. The second kappa shape index (κ2) is 12.4. The Labute approximate surface area is 211 Å². The van der Waals surface area contributed by atoms with Crippen LogP contribution in [0, 0.1) is 23.4 Å². The van der Waals surface area contributed by atoms with Crippen LogP contribution in [-0.4, -0.2) is 18.3 Å². The second-order valence-corrected chi connectivity index (χ2v) is 10.1. The van der Waals surface area contributed by atoms with Gasteiger partial charge in [-0.1, -0.05) is 38.0 Å². The van der Waals surface area contributed by atoms with Crippen molar-refractivity contribution in [2.45, 2.75) is 75.8 Å². The van der Waals surface area contributed by atoms with Gasteiger partial charge in [0.25, 0.3) is 0 Å².